The van der Waals surface area contributed by atoms with Gasteiger partial charge in [0.2, 0.25) is 0 Å². The predicted molar refractivity (Wildman–Crippen MR) is 61.7 cm³/mol. The highest BCUT2D eigenvalue weighted by Gasteiger charge is 2.29. The van der Waals surface area contributed by atoms with Crippen LogP contribution in [0.5, 0.6) is 0 Å². The van der Waals surface area contributed by atoms with E-state index in [1.165, 1.54) is 11.1 Å². The van der Waals surface area contributed by atoms with Gasteiger partial charge < -0.3 is 5.73 Å². The quantitative estimate of drug-likeness (QED) is 0.753. The summed E-state index contributed by atoms with van der Waals surface area (Å²) in [5.41, 5.74) is 9.71. The zero-order valence-corrected chi connectivity index (χ0v) is 9.70. The molecule has 1 fully saturated rings. The summed E-state index contributed by atoms with van der Waals surface area (Å²) < 4.78 is 0. The van der Waals surface area contributed by atoms with Crippen molar-refractivity contribution in [1.29, 1.82) is 0 Å². The van der Waals surface area contributed by atoms with E-state index >= 15 is 0 Å². The van der Waals surface area contributed by atoms with Crippen LogP contribution >= 0.6 is 0 Å². The van der Waals surface area contributed by atoms with Crippen molar-refractivity contribution in [3.63, 3.8) is 0 Å². The average molecular weight is 205 g/mol. The molecule has 1 aromatic rings. The average Bonchev–Trinajstić information content (AvgIpc) is 2.45. The summed E-state index contributed by atoms with van der Waals surface area (Å²) in [7, 11) is 2.14. The van der Waals surface area contributed by atoms with Crippen LogP contribution in [0.1, 0.15) is 29.3 Å². The molecule has 1 aliphatic rings. The molecule has 3 nitrogen and oxygen atoms in total. The minimum Gasteiger partial charge on any atom is -0.326 e. The summed E-state index contributed by atoms with van der Waals surface area (Å²) in [5.74, 6) is 0. The first kappa shape index (κ1) is 10.6. The maximum absolute atomic E-state index is 5.97. The van der Waals surface area contributed by atoms with Crippen molar-refractivity contribution < 1.29 is 0 Å². The highest BCUT2D eigenvalue weighted by molar-refractivity contribution is 5.28. The van der Waals surface area contributed by atoms with E-state index in [1.54, 1.807) is 0 Å². The summed E-state index contributed by atoms with van der Waals surface area (Å²) >= 11 is 0. The number of aryl methyl sites for hydroxylation is 2. The third-order valence-electron chi connectivity index (χ3n) is 3.23. The Bertz CT molecular complexity index is 362. The molecule has 0 aromatic carbocycles. The minimum absolute atomic E-state index is 0.306. The molecule has 0 radical (unpaired) electrons. The summed E-state index contributed by atoms with van der Waals surface area (Å²) in [6.07, 6.45) is 3.05. The van der Waals surface area contributed by atoms with Crippen LogP contribution < -0.4 is 5.73 Å². The second kappa shape index (κ2) is 3.91. The first-order valence-corrected chi connectivity index (χ1v) is 5.47. The van der Waals surface area contributed by atoms with Crippen LogP contribution in [0.25, 0.3) is 0 Å². The molecule has 2 heterocycles. The van der Waals surface area contributed by atoms with Crippen molar-refractivity contribution in [2.24, 2.45) is 5.73 Å². The molecule has 1 aliphatic heterocycles. The van der Waals surface area contributed by atoms with E-state index in [0.29, 0.717) is 12.1 Å². The standard InChI is InChI=1S/C12H19N3/c1-8-4-9(2)14-6-11(8)12-5-10(13)7-15(12)3/h4,6,10,12H,5,7,13H2,1-3H3. The van der Waals surface area contributed by atoms with Crippen molar-refractivity contribution in [1.82, 2.24) is 9.88 Å². The van der Waals surface area contributed by atoms with Crippen molar-refractivity contribution >= 4 is 0 Å². The molecule has 0 amide bonds. The number of nitrogens with two attached hydrogens (primary N) is 1. The smallest absolute Gasteiger partial charge is 0.0378 e. The van der Waals surface area contributed by atoms with Crippen molar-refractivity contribution in [2.75, 3.05) is 13.6 Å². The van der Waals surface area contributed by atoms with E-state index in [-0.39, 0.29) is 0 Å². The molecule has 0 bridgehead atoms. The molecular formula is C12H19N3. The minimum atomic E-state index is 0.306. The Morgan fingerprint density at radius 2 is 2.20 bits per heavy atom. The summed E-state index contributed by atoms with van der Waals surface area (Å²) in [6, 6.07) is 2.90. The lowest BCUT2D eigenvalue weighted by Gasteiger charge is -2.21. The second-order valence-electron chi connectivity index (χ2n) is 4.63. The number of likely N-dealkylation sites (tertiary alicyclic amines) is 1. The van der Waals surface area contributed by atoms with Gasteiger partial charge in [-0.25, -0.2) is 0 Å². The van der Waals surface area contributed by atoms with Gasteiger partial charge in [0.25, 0.3) is 0 Å². The van der Waals surface area contributed by atoms with Crippen LogP contribution in [0.15, 0.2) is 12.3 Å². The highest BCUT2D eigenvalue weighted by Crippen LogP contribution is 2.31. The van der Waals surface area contributed by atoms with Gasteiger partial charge in [0.15, 0.2) is 0 Å². The zero-order valence-electron chi connectivity index (χ0n) is 9.70. The van der Waals surface area contributed by atoms with E-state index in [2.05, 4.69) is 29.9 Å². The fraction of sp³-hybridized carbons (Fsp3) is 0.583. The maximum Gasteiger partial charge on any atom is 0.0378 e. The lowest BCUT2D eigenvalue weighted by Crippen LogP contribution is -2.24. The Morgan fingerprint density at radius 3 is 2.73 bits per heavy atom. The van der Waals surface area contributed by atoms with E-state index in [0.717, 1.165) is 18.7 Å². The molecule has 3 heteroatoms. The third kappa shape index (κ3) is 2.03. The molecule has 1 aromatic heterocycles. The SMILES string of the molecule is Cc1cc(C)c(C2CC(N)CN2C)cn1. The van der Waals surface area contributed by atoms with Crippen LogP contribution in [-0.2, 0) is 0 Å². The van der Waals surface area contributed by atoms with Crippen LogP contribution in [0.3, 0.4) is 0 Å². The van der Waals surface area contributed by atoms with Gasteiger partial charge in [-0.3, -0.25) is 9.88 Å². The number of likely N-dealkylation sites (N-methyl/N-ethyl adjacent to an activating group) is 1. The first-order chi connectivity index (χ1) is 7.08. The Morgan fingerprint density at radius 1 is 1.47 bits per heavy atom. The fourth-order valence-electron chi connectivity index (χ4n) is 2.46. The van der Waals surface area contributed by atoms with Crippen molar-refractivity contribution in [3.8, 4) is 0 Å². The van der Waals surface area contributed by atoms with Gasteiger partial charge >= 0.3 is 0 Å². The normalized spacial score (nSPS) is 27.2. The first-order valence-electron chi connectivity index (χ1n) is 5.47. The lowest BCUT2D eigenvalue weighted by atomic mass is 10.0. The molecule has 0 aliphatic carbocycles. The molecule has 1 saturated heterocycles. The topological polar surface area (TPSA) is 42.1 Å². The van der Waals surface area contributed by atoms with E-state index < -0.39 is 0 Å². The van der Waals surface area contributed by atoms with Crippen LogP contribution in [0.4, 0.5) is 0 Å². The van der Waals surface area contributed by atoms with Gasteiger partial charge in [0, 0.05) is 30.5 Å². The van der Waals surface area contributed by atoms with Gasteiger partial charge in [-0.2, -0.15) is 0 Å². The molecule has 82 valence electrons. The van der Waals surface area contributed by atoms with Gasteiger partial charge in [0.05, 0.1) is 0 Å². The summed E-state index contributed by atoms with van der Waals surface area (Å²) in [4.78, 5) is 6.70. The van der Waals surface area contributed by atoms with Crippen molar-refractivity contribution in [3.05, 3.63) is 29.1 Å². The van der Waals surface area contributed by atoms with E-state index in [1.807, 2.05) is 13.1 Å². The Hall–Kier alpha value is -0.930. The summed E-state index contributed by atoms with van der Waals surface area (Å²) in [6.45, 7) is 5.17. The molecule has 2 unspecified atom stereocenters. The van der Waals surface area contributed by atoms with Crippen molar-refractivity contribution in [2.45, 2.75) is 32.4 Å². The third-order valence-corrected chi connectivity index (χ3v) is 3.23. The van der Waals surface area contributed by atoms with Gasteiger partial charge in [-0.15, -0.1) is 0 Å². The number of aromatic nitrogens is 1. The molecule has 0 saturated carbocycles. The fourth-order valence-corrected chi connectivity index (χ4v) is 2.46. The molecular weight excluding hydrogens is 186 g/mol. The molecule has 15 heavy (non-hydrogen) atoms. The number of rotatable bonds is 1. The van der Waals surface area contributed by atoms with E-state index in [4.69, 9.17) is 5.73 Å². The number of hydrogen-bond acceptors (Lipinski definition) is 3. The predicted octanol–water partition coefficient (Wildman–Crippen LogP) is 1.40. The molecule has 2 atom stereocenters. The van der Waals surface area contributed by atoms with Gasteiger partial charge in [-0.1, -0.05) is 0 Å². The van der Waals surface area contributed by atoms with Crippen LogP contribution in [0.2, 0.25) is 0 Å². The Labute approximate surface area is 91.3 Å². The molecule has 2 rings (SSSR count). The van der Waals surface area contributed by atoms with Crippen LogP contribution in [-0.4, -0.2) is 29.5 Å². The molecule has 0 spiro atoms. The number of pyridine rings is 1. The highest BCUT2D eigenvalue weighted by atomic mass is 15.2. The zero-order chi connectivity index (χ0) is 11.0. The summed E-state index contributed by atoms with van der Waals surface area (Å²) in [5, 5.41) is 0. The number of nitrogens with zero attached hydrogens (tertiary/aromatic N) is 2. The van der Waals surface area contributed by atoms with Gasteiger partial charge in [0.1, 0.15) is 0 Å². The van der Waals surface area contributed by atoms with E-state index in [9.17, 15) is 0 Å². The lowest BCUT2D eigenvalue weighted by molar-refractivity contribution is 0.315. The number of hydrogen-bond donors (Lipinski definition) is 1. The van der Waals surface area contributed by atoms with Crippen LogP contribution in [0, 0.1) is 13.8 Å². The largest absolute Gasteiger partial charge is 0.326 e. The maximum atomic E-state index is 5.97. The monoisotopic (exact) mass is 205 g/mol. The Kier molecular flexibility index (Phi) is 2.76. The Balaban J connectivity index is 2.29. The van der Waals surface area contributed by atoms with Gasteiger partial charge in [-0.05, 0) is 44.5 Å². The second-order valence-corrected chi connectivity index (χ2v) is 4.63. The molecule has 2 N–H and O–H groups in total.